The average molecular weight is 235 g/mol. The number of amides is 1. The lowest BCUT2D eigenvalue weighted by molar-refractivity contribution is -0.131. The normalized spacial score (nSPS) is 11.1. The highest BCUT2D eigenvalue weighted by Crippen LogP contribution is 2.14. The first-order valence-corrected chi connectivity index (χ1v) is 6.45. The highest BCUT2D eigenvalue weighted by atomic mass is 28.4. The second-order valence-corrected chi connectivity index (χ2v) is 5.90. The van der Waals surface area contributed by atoms with E-state index in [4.69, 9.17) is 13.3 Å². The molecule has 15 heavy (non-hydrogen) atoms. The fourth-order valence-electron chi connectivity index (χ4n) is 1.11. The summed E-state index contributed by atoms with van der Waals surface area (Å²) in [4.78, 5) is 20.6. The Morgan fingerprint density at radius 1 is 1.27 bits per heavy atom. The van der Waals surface area contributed by atoms with E-state index in [2.05, 4.69) is 5.32 Å². The number of carbonyl (C=O) groups excluding carboxylic acids is 2. The van der Waals surface area contributed by atoms with Gasteiger partial charge in [0.2, 0.25) is 6.29 Å². The van der Waals surface area contributed by atoms with E-state index in [9.17, 15) is 9.59 Å². The molecule has 0 unspecified atom stereocenters. The van der Waals surface area contributed by atoms with Crippen LogP contribution < -0.4 is 5.32 Å². The SMILES string of the molecule is CO[Si](CCCNC(=O)C=O)(OC)OC. The summed E-state index contributed by atoms with van der Waals surface area (Å²) >= 11 is 0. The highest BCUT2D eigenvalue weighted by molar-refractivity contribution is 6.60. The number of rotatable bonds is 8. The first kappa shape index (κ1) is 14.2. The van der Waals surface area contributed by atoms with Crippen molar-refractivity contribution in [3.63, 3.8) is 0 Å². The van der Waals surface area contributed by atoms with Gasteiger partial charge in [-0.1, -0.05) is 0 Å². The Labute approximate surface area is 90.3 Å². The van der Waals surface area contributed by atoms with Gasteiger partial charge in [0.05, 0.1) is 0 Å². The summed E-state index contributed by atoms with van der Waals surface area (Å²) < 4.78 is 15.5. The Morgan fingerprint density at radius 3 is 2.20 bits per heavy atom. The minimum atomic E-state index is -2.54. The molecule has 6 nitrogen and oxygen atoms in total. The van der Waals surface area contributed by atoms with Crippen LogP contribution in [-0.4, -0.2) is 48.9 Å². The lowest BCUT2D eigenvalue weighted by atomic mass is 10.5. The third-order valence-corrected chi connectivity index (χ3v) is 4.83. The van der Waals surface area contributed by atoms with E-state index >= 15 is 0 Å². The first-order valence-electron chi connectivity index (χ1n) is 4.52. The summed E-state index contributed by atoms with van der Waals surface area (Å²) in [5.41, 5.74) is 0. The van der Waals surface area contributed by atoms with Crippen LogP contribution in [0.5, 0.6) is 0 Å². The number of aldehydes is 1. The van der Waals surface area contributed by atoms with Crippen LogP contribution >= 0.6 is 0 Å². The van der Waals surface area contributed by atoms with Crippen molar-refractivity contribution in [2.45, 2.75) is 12.5 Å². The molecule has 0 heterocycles. The summed E-state index contributed by atoms with van der Waals surface area (Å²) in [6, 6.07) is 0.593. The topological polar surface area (TPSA) is 73.9 Å². The van der Waals surface area contributed by atoms with Gasteiger partial charge < -0.3 is 18.6 Å². The second kappa shape index (κ2) is 7.52. The molecular formula is C8H17NO5Si. The van der Waals surface area contributed by atoms with Gasteiger partial charge in [-0.05, 0) is 6.42 Å². The number of nitrogens with one attached hydrogen (secondary N) is 1. The van der Waals surface area contributed by atoms with E-state index in [-0.39, 0.29) is 6.29 Å². The summed E-state index contributed by atoms with van der Waals surface area (Å²) in [5.74, 6) is -0.616. The Bertz CT molecular complexity index is 199. The van der Waals surface area contributed by atoms with Crippen LogP contribution in [0.2, 0.25) is 6.04 Å². The summed E-state index contributed by atoms with van der Waals surface area (Å²) in [7, 11) is 2.05. The Balaban J connectivity index is 3.81. The van der Waals surface area contributed by atoms with E-state index < -0.39 is 14.7 Å². The minimum Gasteiger partial charge on any atom is -0.377 e. The Hall–Kier alpha value is -0.763. The zero-order valence-electron chi connectivity index (χ0n) is 9.24. The van der Waals surface area contributed by atoms with E-state index in [1.165, 1.54) is 21.3 Å². The Kier molecular flexibility index (Phi) is 7.14. The molecule has 0 radical (unpaired) electrons. The van der Waals surface area contributed by atoms with Crippen LogP contribution in [0.25, 0.3) is 0 Å². The van der Waals surface area contributed by atoms with E-state index in [0.717, 1.165) is 0 Å². The third kappa shape index (κ3) is 5.03. The monoisotopic (exact) mass is 235 g/mol. The van der Waals surface area contributed by atoms with Gasteiger partial charge in [0.1, 0.15) is 0 Å². The molecule has 0 atom stereocenters. The predicted octanol–water partition coefficient (Wildman–Crippen LogP) is -0.430. The van der Waals surface area contributed by atoms with E-state index in [0.29, 0.717) is 19.0 Å². The quantitative estimate of drug-likeness (QED) is 0.267. The molecule has 0 saturated heterocycles. The molecule has 0 saturated carbocycles. The van der Waals surface area contributed by atoms with Crippen molar-refractivity contribution in [3.05, 3.63) is 0 Å². The second-order valence-electron chi connectivity index (χ2n) is 2.81. The van der Waals surface area contributed by atoms with E-state index in [1.54, 1.807) is 0 Å². The van der Waals surface area contributed by atoms with Crippen molar-refractivity contribution in [2.75, 3.05) is 27.9 Å². The van der Waals surface area contributed by atoms with Crippen molar-refractivity contribution in [2.24, 2.45) is 0 Å². The smallest absolute Gasteiger partial charge is 0.377 e. The maximum atomic E-state index is 10.6. The van der Waals surface area contributed by atoms with Crippen LogP contribution in [-0.2, 0) is 22.9 Å². The van der Waals surface area contributed by atoms with Gasteiger partial charge in [-0.15, -0.1) is 0 Å². The molecule has 0 aromatic carbocycles. The Morgan fingerprint density at radius 2 is 1.80 bits per heavy atom. The molecule has 0 aliphatic heterocycles. The molecule has 0 rings (SSSR count). The van der Waals surface area contributed by atoms with Crippen LogP contribution in [0.1, 0.15) is 6.42 Å². The molecule has 0 aliphatic carbocycles. The summed E-state index contributed by atoms with van der Waals surface area (Å²) in [6.45, 7) is 0.405. The van der Waals surface area contributed by atoms with Crippen molar-refractivity contribution in [1.82, 2.24) is 5.32 Å². The molecule has 0 bridgehead atoms. The predicted molar refractivity (Wildman–Crippen MR) is 55.3 cm³/mol. The van der Waals surface area contributed by atoms with Gasteiger partial charge in [-0.2, -0.15) is 0 Å². The zero-order valence-corrected chi connectivity index (χ0v) is 10.2. The van der Waals surface area contributed by atoms with Crippen molar-refractivity contribution < 1.29 is 22.9 Å². The van der Waals surface area contributed by atoms with Crippen molar-refractivity contribution in [1.29, 1.82) is 0 Å². The summed E-state index contributed by atoms with van der Waals surface area (Å²) in [6.07, 6.45) is 0.884. The van der Waals surface area contributed by atoms with Crippen LogP contribution in [0.15, 0.2) is 0 Å². The standard InChI is InChI=1S/C8H17NO5Si/c1-12-15(13-2,14-3)6-4-5-9-8(11)7-10/h7H,4-6H2,1-3H3,(H,9,11). The number of hydrogen-bond donors (Lipinski definition) is 1. The lowest BCUT2D eigenvalue weighted by Crippen LogP contribution is -2.43. The maximum Gasteiger partial charge on any atom is 0.500 e. The summed E-state index contributed by atoms with van der Waals surface area (Å²) in [5, 5.41) is 2.43. The maximum absolute atomic E-state index is 10.6. The average Bonchev–Trinajstić information content (AvgIpc) is 2.30. The van der Waals surface area contributed by atoms with Crippen LogP contribution in [0.3, 0.4) is 0 Å². The molecule has 88 valence electrons. The zero-order chi connectivity index (χ0) is 11.7. The largest absolute Gasteiger partial charge is 0.500 e. The van der Waals surface area contributed by atoms with Gasteiger partial charge in [-0.25, -0.2) is 0 Å². The van der Waals surface area contributed by atoms with Gasteiger partial charge in [0.15, 0.2) is 0 Å². The van der Waals surface area contributed by atoms with Gasteiger partial charge in [0.25, 0.3) is 5.91 Å². The molecule has 1 amide bonds. The van der Waals surface area contributed by atoms with Gasteiger partial charge >= 0.3 is 8.80 Å². The van der Waals surface area contributed by atoms with Crippen molar-refractivity contribution in [3.8, 4) is 0 Å². The molecule has 7 heteroatoms. The van der Waals surface area contributed by atoms with Crippen LogP contribution in [0.4, 0.5) is 0 Å². The molecule has 0 aromatic heterocycles. The molecule has 0 fully saturated rings. The molecule has 0 spiro atoms. The van der Waals surface area contributed by atoms with Gasteiger partial charge in [-0.3, -0.25) is 9.59 Å². The molecular weight excluding hydrogens is 218 g/mol. The fourth-order valence-corrected chi connectivity index (χ4v) is 2.84. The number of carbonyl (C=O) groups is 2. The van der Waals surface area contributed by atoms with Gasteiger partial charge in [0, 0.05) is 33.9 Å². The fraction of sp³-hybridized carbons (Fsp3) is 0.750. The minimum absolute atomic E-state index is 0.244. The molecule has 0 aliphatic rings. The van der Waals surface area contributed by atoms with E-state index in [1.807, 2.05) is 0 Å². The first-order chi connectivity index (χ1) is 7.14. The lowest BCUT2D eigenvalue weighted by Gasteiger charge is -2.24. The highest BCUT2D eigenvalue weighted by Gasteiger charge is 2.36. The number of hydrogen-bond acceptors (Lipinski definition) is 5. The molecule has 1 N–H and O–H groups in total. The van der Waals surface area contributed by atoms with Crippen molar-refractivity contribution >= 4 is 21.0 Å². The third-order valence-electron chi connectivity index (χ3n) is 2.00. The van der Waals surface area contributed by atoms with Crippen LogP contribution in [0, 0.1) is 0 Å². The molecule has 0 aromatic rings.